The zero-order valence-electron chi connectivity index (χ0n) is 8.94. The van der Waals surface area contributed by atoms with Crippen LogP contribution in [0.1, 0.15) is 65.2 Å². The predicted molar refractivity (Wildman–Crippen MR) is 57.1 cm³/mol. The molecule has 0 saturated carbocycles. The molecule has 0 spiro atoms. The Labute approximate surface area is 78.8 Å². The highest BCUT2D eigenvalue weighted by Gasteiger charge is 2.05. The first kappa shape index (κ1) is 12.0. The van der Waals surface area contributed by atoms with Gasteiger partial charge in [-0.25, -0.2) is 0 Å². The van der Waals surface area contributed by atoms with Crippen molar-refractivity contribution in [2.75, 3.05) is 0 Å². The minimum Gasteiger partial charge on any atom is -0.0654 e. The van der Waals surface area contributed by atoms with Crippen molar-refractivity contribution < 1.29 is 0 Å². The van der Waals surface area contributed by atoms with Crippen LogP contribution in [0, 0.1) is 12.8 Å². The lowest BCUT2D eigenvalue weighted by Gasteiger charge is -2.14. The molecule has 0 aliphatic carbocycles. The third-order valence-corrected chi connectivity index (χ3v) is 2.53. The minimum absolute atomic E-state index is 0.997. The molecule has 0 heterocycles. The zero-order chi connectivity index (χ0) is 9.23. The van der Waals surface area contributed by atoms with Gasteiger partial charge < -0.3 is 0 Å². The molecule has 0 N–H and O–H groups in total. The summed E-state index contributed by atoms with van der Waals surface area (Å²) in [5.74, 6) is 0.997. The Morgan fingerprint density at radius 3 is 2.08 bits per heavy atom. The molecule has 0 aromatic heterocycles. The third-order valence-electron chi connectivity index (χ3n) is 2.53. The Bertz CT molecular complexity index is 68.1. The van der Waals surface area contributed by atoms with Crippen molar-refractivity contribution in [1.29, 1.82) is 0 Å². The van der Waals surface area contributed by atoms with E-state index in [9.17, 15) is 0 Å². The Morgan fingerprint density at radius 1 is 0.917 bits per heavy atom. The molecule has 0 aliphatic heterocycles. The maximum absolute atomic E-state index is 3.90. The summed E-state index contributed by atoms with van der Waals surface area (Å²) in [4.78, 5) is 0. The van der Waals surface area contributed by atoms with Crippen molar-refractivity contribution in [3.05, 3.63) is 6.92 Å². The first-order chi connectivity index (χ1) is 5.85. The van der Waals surface area contributed by atoms with Gasteiger partial charge in [0.2, 0.25) is 0 Å². The second-order valence-corrected chi connectivity index (χ2v) is 3.79. The highest BCUT2D eigenvalue weighted by atomic mass is 14.1. The molecule has 0 aliphatic rings. The van der Waals surface area contributed by atoms with Gasteiger partial charge in [-0.3, -0.25) is 0 Å². The molecule has 0 fully saturated rings. The Balaban J connectivity index is 3.40. The lowest BCUT2D eigenvalue weighted by atomic mass is 9.92. The van der Waals surface area contributed by atoms with E-state index >= 15 is 0 Å². The van der Waals surface area contributed by atoms with Crippen LogP contribution < -0.4 is 0 Å². The molecule has 0 aromatic rings. The van der Waals surface area contributed by atoms with Crippen LogP contribution in [-0.2, 0) is 0 Å². The van der Waals surface area contributed by atoms with E-state index < -0.39 is 0 Å². The van der Waals surface area contributed by atoms with E-state index in [0.717, 1.165) is 12.3 Å². The summed E-state index contributed by atoms with van der Waals surface area (Å²) in [6, 6.07) is 0. The summed E-state index contributed by atoms with van der Waals surface area (Å²) >= 11 is 0. The average Bonchev–Trinajstić information content (AvgIpc) is 2.10. The molecule has 1 radical (unpaired) electrons. The molecule has 0 bridgehead atoms. The Morgan fingerprint density at radius 2 is 1.58 bits per heavy atom. The molecule has 0 heteroatoms. The Kier molecular flexibility index (Phi) is 9.09. The van der Waals surface area contributed by atoms with Gasteiger partial charge in [0.25, 0.3) is 0 Å². The summed E-state index contributed by atoms with van der Waals surface area (Å²) in [5, 5.41) is 0. The van der Waals surface area contributed by atoms with Crippen molar-refractivity contribution in [1.82, 2.24) is 0 Å². The van der Waals surface area contributed by atoms with Gasteiger partial charge in [-0.1, -0.05) is 72.1 Å². The van der Waals surface area contributed by atoms with Crippen molar-refractivity contribution in [3.8, 4) is 0 Å². The van der Waals surface area contributed by atoms with Gasteiger partial charge in [0.15, 0.2) is 0 Å². The Hall–Kier alpha value is 0. The van der Waals surface area contributed by atoms with Crippen LogP contribution in [0.5, 0.6) is 0 Å². The fourth-order valence-corrected chi connectivity index (χ4v) is 1.77. The van der Waals surface area contributed by atoms with Crippen molar-refractivity contribution in [3.63, 3.8) is 0 Å². The molecule has 12 heavy (non-hydrogen) atoms. The van der Waals surface area contributed by atoms with E-state index in [1.54, 1.807) is 0 Å². The molecule has 73 valence electrons. The summed E-state index contributed by atoms with van der Waals surface area (Å²) in [5.41, 5.74) is 0. The number of hydrogen-bond donors (Lipinski definition) is 0. The van der Waals surface area contributed by atoms with Crippen LogP contribution in [-0.4, -0.2) is 0 Å². The minimum atomic E-state index is 0.997. The molecule has 0 saturated heterocycles. The normalized spacial score (nSPS) is 11.0. The summed E-state index contributed by atoms with van der Waals surface area (Å²) in [7, 11) is 0. The number of rotatable bonds is 8. The van der Waals surface area contributed by atoms with E-state index in [2.05, 4.69) is 20.8 Å². The molecular formula is C12H25. The van der Waals surface area contributed by atoms with Gasteiger partial charge in [0, 0.05) is 0 Å². The molecule has 1 unspecified atom stereocenters. The van der Waals surface area contributed by atoms with Crippen LogP contribution >= 0.6 is 0 Å². The zero-order valence-corrected chi connectivity index (χ0v) is 8.94. The third kappa shape index (κ3) is 6.69. The van der Waals surface area contributed by atoms with Crippen LogP contribution in [0.25, 0.3) is 0 Å². The quantitative estimate of drug-likeness (QED) is 0.498. The number of hydrogen-bond acceptors (Lipinski definition) is 0. The highest BCUT2D eigenvalue weighted by Crippen LogP contribution is 2.20. The van der Waals surface area contributed by atoms with E-state index in [0.29, 0.717) is 0 Å². The number of unbranched alkanes of at least 4 members (excludes halogenated alkanes) is 2. The predicted octanol–water partition coefficient (Wildman–Crippen LogP) is 4.60. The first-order valence-corrected chi connectivity index (χ1v) is 5.64. The summed E-state index contributed by atoms with van der Waals surface area (Å²) in [6.45, 7) is 8.47. The highest BCUT2D eigenvalue weighted by molar-refractivity contribution is 4.59. The van der Waals surface area contributed by atoms with Crippen LogP contribution in [0.2, 0.25) is 0 Å². The van der Waals surface area contributed by atoms with E-state index in [1.807, 2.05) is 0 Å². The van der Waals surface area contributed by atoms with Gasteiger partial charge in [0.05, 0.1) is 0 Å². The van der Waals surface area contributed by atoms with Gasteiger partial charge in [-0.15, -0.1) is 0 Å². The van der Waals surface area contributed by atoms with Crippen LogP contribution in [0.3, 0.4) is 0 Å². The molecule has 0 aromatic carbocycles. The average molecular weight is 169 g/mol. The second-order valence-electron chi connectivity index (χ2n) is 3.79. The molecule has 0 nitrogen and oxygen atoms in total. The lowest BCUT2D eigenvalue weighted by molar-refractivity contribution is 0.393. The van der Waals surface area contributed by atoms with E-state index in [-0.39, 0.29) is 0 Å². The SMILES string of the molecule is [CH2]CCCC(CCC)CCCC. The topological polar surface area (TPSA) is 0 Å². The monoisotopic (exact) mass is 169 g/mol. The van der Waals surface area contributed by atoms with Gasteiger partial charge >= 0.3 is 0 Å². The fraction of sp³-hybridized carbons (Fsp3) is 0.917. The first-order valence-electron chi connectivity index (χ1n) is 5.64. The van der Waals surface area contributed by atoms with Crippen LogP contribution in [0.4, 0.5) is 0 Å². The summed E-state index contributed by atoms with van der Waals surface area (Å²) in [6.07, 6.45) is 10.9. The fourth-order valence-electron chi connectivity index (χ4n) is 1.77. The molecule has 0 rings (SSSR count). The standard InChI is InChI=1S/C12H25/c1-4-7-10-12(9-6-3)11-8-5-2/h12H,1,4-11H2,2-3H3. The maximum Gasteiger partial charge on any atom is -0.0414 e. The summed E-state index contributed by atoms with van der Waals surface area (Å²) < 4.78 is 0. The van der Waals surface area contributed by atoms with Gasteiger partial charge in [-0.05, 0) is 5.92 Å². The molecule has 0 amide bonds. The molecule has 1 atom stereocenters. The maximum atomic E-state index is 3.90. The molecular weight excluding hydrogens is 144 g/mol. The van der Waals surface area contributed by atoms with Gasteiger partial charge in [0.1, 0.15) is 0 Å². The lowest BCUT2D eigenvalue weighted by Crippen LogP contribution is -1.99. The van der Waals surface area contributed by atoms with E-state index in [4.69, 9.17) is 0 Å². The van der Waals surface area contributed by atoms with Crippen molar-refractivity contribution >= 4 is 0 Å². The van der Waals surface area contributed by atoms with Crippen molar-refractivity contribution in [2.45, 2.75) is 65.2 Å². The van der Waals surface area contributed by atoms with Crippen molar-refractivity contribution in [2.24, 2.45) is 5.92 Å². The van der Waals surface area contributed by atoms with E-state index in [1.165, 1.54) is 44.9 Å². The smallest absolute Gasteiger partial charge is 0.0414 e. The largest absolute Gasteiger partial charge is 0.0654 e. The second kappa shape index (κ2) is 9.09. The van der Waals surface area contributed by atoms with Crippen LogP contribution in [0.15, 0.2) is 0 Å². The van der Waals surface area contributed by atoms with Gasteiger partial charge in [-0.2, -0.15) is 0 Å².